The second-order valence-electron chi connectivity index (χ2n) is 3.22. The largest absolute Gasteiger partial charge is 0.462 e. The standard InChI is InChI=1S/C11H11N3O2S/c1-2-16-11(15)9-7-13-14(10(9)17)8-3-5-12-6-4-8/h3-7,17H,2H2,1H3. The number of thiol groups is 1. The van der Waals surface area contributed by atoms with Gasteiger partial charge in [-0.25, -0.2) is 9.48 Å². The summed E-state index contributed by atoms with van der Waals surface area (Å²) in [6.45, 7) is 2.08. The van der Waals surface area contributed by atoms with Crippen molar-refractivity contribution in [2.45, 2.75) is 11.9 Å². The highest BCUT2D eigenvalue weighted by Gasteiger charge is 2.16. The molecule has 0 amide bonds. The number of hydrogen-bond acceptors (Lipinski definition) is 5. The summed E-state index contributed by atoms with van der Waals surface area (Å²) in [5.41, 5.74) is 1.15. The Morgan fingerprint density at radius 3 is 2.82 bits per heavy atom. The Morgan fingerprint density at radius 1 is 1.47 bits per heavy atom. The normalized spacial score (nSPS) is 10.2. The molecule has 2 aromatic heterocycles. The predicted octanol–water partition coefficient (Wildman–Crippen LogP) is 1.73. The molecule has 0 bridgehead atoms. The number of esters is 1. The zero-order valence-electron chi connectivity index (χ0n) is 9.20. The van der Waals surface area contributed by atoms with E-state index in [1.807, 2.05) is 0 Å². The van der Waals surface area contributed by atoms with Crippen LogP contribution in [0.25, 0.3) is 5.69 Å². The molecular weight excluding hydrogens is 238 g/mol. The molecule has 0 aliphatic carbocycles. The van der Waals surface area contributed by atoms with Crippen molar-refractivity contribution in [3.05, 3.63) is 36.3 Å². The average Bonchev–Trinajstić information content (AvgIpc) is 2.72. The zero-order chi connectivity index (χ0) is 12.3. The molecule has 0 aromatic carbocycles. The van der Waals surface area contributed by atoms with E-state index in [-0.39, 0.29) is 0 Å². The summed E-state index contributed by atoms with van der Waals surface area (Å²) in [6, 6.07) is 3.56. The van der Waals surface area contributed by atoms with Gasteiger partial charge in [-0.3, -0.25) is 4.98 Å². The van der Waals surface area contributed by atoms with E-state index in [1.165, 1.54) is 6.20 Å². The van der Waals surface area contributed by atoms with Crippen molar-refractivity contribution >= 4 is 18.6 Å². The lowest BCUT2D eigenvalue weighted by Crippen LogP contribution is -2.05. The second-order valence-corrected chi connectivity index (χ2v) is 3.64. The van der Waals surface area contributed by atoms with Gasteiger partial charge in [0.05, 0.1) is 18.5 Å². The average molecular weight is 249 g/mol. The molecule has 0 saturated carbocycles. The minimum absolute atomic E-state index is 0.326. The van der Waals surface area contributed by atoms with Gasteiger partial charge >= 0.3 is 5.97 Å². The lowest BCUT2D eigenvalue weighted by molar-refractivity contribution is 0.0522. The van der Waals surface area contributed by atoms with Crippen molar-refractivity contribution in [1.29, 1.82) is 0 Å². The van der Waals surface area contributed by atoms with Gasteiger partial charge in [-0.2, -0.15) is 5.10 Å². The van der Waals surface area contributed by atoms with Crippen molar-refractivity contribution in [2.75, 3.05) is 6.61 Å². The Balaban J connectivity index is 2.37. The van der Waals surface area contributed by atoms with Gasteiger partial charge in [0, 0.05) is 12.4 Å². The van der Waals surface area contributed by atoms with Crippen LogP contribution in [0, 0.1) is 0 Å². The van der Waals surface area contributed by atoms with E-state index in [0.29, 0.717) is 17.2 Å². The van der Waals surface area contributed by atoms with Crippen LogP contribution in [0.15, 0.2) is 35.7 Å². The number of carbonyl (C=O) groups is 1. The second kappa shape index (κ2) is 5.01. The Labute approximate surface area is 104 Å². The SMILES string of the molecule is CCOC(=O)c1cnn(-c2ccncc2)c1S. The molecule has 0 radical (unpaired) electrons. The van der Waals surface area contributed by atoms with Crippen molar-refractivity contribution < 1.29 is 9.53 Å². The van der Waals surface area contributed by atoms with Crippen molar-refractivity contribution in [3.8, 4) is 5.69 Å². The van der Waals surface area contributed by atoms with E-state index in [4.69, 9.17) is 4.74 Å². The molecule has 0 aliphatic rings. The van der Waals surface area contributed by atoms with Crippen LogP contribution in [-0.2, 0) is 4.74 Å². The maximum Gasteiger partial charge on any atom is 0.342 e. The first-order chi connectivity index (χ1) is 8.24. The highest BCUT2D eigenvalue weighted by Crippen LogP contribution is 2.18. The van der Waals surface area contributed by atoms with Gasteiger partial charge in [0.25, 0.3) is 0 Å². The smallest absolute Gasteiger partial charge is 0.342 e. The Bertz CT molecular complexity index is 525. The molecule has 6 heteroatoms. The predicted molar refractivity (Wildman–Crippen MR) is 64.6 cm³/mol. The zero-order valence-corrected chi connectivity index (χ0v) is 10.1. The maximum atomic E-state index is 11.6. The van der Waals surface area contributed by atoms with Gasteiger partial charge in [0.2, 0.25) is 0 Å². The lowest BCUT2D eigenvalue weighted by Gasteiger charge is -2.03. The van der Waals surface area contributed by atoms with Crippen LogP contribution in [0.3, 0.4) is 0 Å². The Hall–Kier alpha value is -1.82. The first kappa shape index (κ1) is 11.7. The molecule has 2 aromatic rings. The van der Waals surface area contributed by atoms with E-state index in [9.17, 15) is 4.79 Å². The van der Waals surface area contributed by atoms with Crippen LogP contribution < -0.4 is 0 Å². The number of aromatic nitrogens is 3. The fourth-order valence-corrected chi connectivity index (χ4v) is 1.69. The topological polar surface area (TPSA) is 57.0 Å². The summed E-state index contributed by atoms with van der Waals surface area (Å²) >= 11 is 4.29. The molecular formula is C11H11N3O2S. The van der Waals surface area contributed by atoms with Gasteiger partial charge < -0.3 is 4.74 Å². The van der Waals surface area contributed by atoms with Crippen LogP contribution in [-0.4, -0.2) is 27.3 Å². The number of nitrogens with zero attached hydrogens (tertiary/aromatic N) is 3. The molecule has 0 saturated heterocycles. The van der Waals surface area contributed by atoms with Crippen LogP contribution in [0.2, 0.25) is 0 Å². The monoisotopic (exact) mass is 249 g/mol. The number of pyridine rings is 1. The third kappa shape index (κ3) is 2.31. The maximum absolute atomic E-state index is 11.6. The summed E-state index contributed by atoms with van der Waals surface area (Å²) in [5, 5.41) is 4.55. The van der Waals surface area contributed by atoms with Crippen molar-refractivity contribution in [2.24, 2.45) is 0 Å². The molecule has 88 valence electrons. The molecule has 0 fully saturated rings. The molecule has 0 N–H and O–H groups in total. The molecule has 0 aliphatic heterocycles. The number of carbonyl (C=O) groups excluding carboxylic acids is 1. The molecule has 17 heavy (non-hydrogen) atoms. The van der Waals surface area contributed by atoms with Crippen molar-refractivity contribution in [1.82, 2.24) is 14.8 Å². The first-order valence-corrected chi connectivity index (χ1v) is 5.53. The fraction of sp³-hybridized carbons (Fsp3) is 0.182. The molecule has 2 rings (SSSR count). The molecule has 0 unspecified atom stereocenters. The summed E-state index contributed by atoms with van der Waals surface area (Å²) in [4.78, 5) is 15.5. The molecule has 0 atom stereocenters. The van der Waals surface area contributed by atoms with E-state index in [2.05, 4.69) is 22.7 Å². The Kier molecular flexibility index (Phi) is 3.43. The fourth-order valence-electron chi connectivity index (χ4n) is 1.37. The van der Waals surface area contributed by atoms with E-state index in [0.717, 1.165) is 5.69 Å². The van der Waals surface area contributed by atoms with E-state index >= 15 is 0 Å². The van der Waals surface area contributed by atoms with E-state index < -0.39 is 5.97 Å². The lowest BCUT2D eigenvalue weighted by atomic mass is 10.3. The number of ether oxygens (including phenoxy) is 1. The molecule has 2 heterocycles. The summed E-state index contributed by atoms with van der Waals surface area (Å²) in [5.74, 6) is -0.419. The van der Waals surface area contributed by atoms with Gasteiger partial charge in [-0.1, -0.05) is 0 Å². The number of rotatable bonds is 3. The van der Waals surface area contributed by atoms with Crippen LogP contribution in [0.5, 0.6) is 0 Å². The van der Waals surface area contributed by atoms with Gasteiger partial charge in [0.15, 0.2) is 0 Å². The number of hydrogen-bond donors (Lipinski definition) is 1. The van der Waals surface area contributed by atoms with E-state index in [1.54, 1.807) is 36.1 Å². The third-order valence-corrected chi connectivity index (χ3v) is 2.58. The van der Waals surface area contributed by atoms with Crippen LogP contribution in [0.4, 0.5) is 0 Å². The third-order valence-electron chi connectivity index (χ3n) is 2.15. The minimum atomic E-state index is -0.419. The van der Waals surface area contributed by atoms with Crippen LogP contribution in [0.1, 0.15) is 17.3 Å². The highest BCUT2D eigenvalue weighted by molar-refractivity contribution is 7.80. The molecule has 5 nitrogen and oxygen atoms in total. The van der Waals surface area contributed by atoms with Gasteiger partial charge in [0.1, 0.15) is 10.6 Å². The summed E-state index contributed by atoms with van der Waals surface area (Å²) < 4.78 is 6.46. The molecule has 0 spiro atoms. The van der Waals surface area contributed by atoms with Gasteiger partial charge in [-0.05, 0) is 19.1 Å². The highest BCUT2D eigenvalue weighted by atomic mass is 32.1. The Morgan fingerprint density at radius 2 is 2.18 bits per heavy atom. The first-order valence-electron chi connectivity index (χ1n) is 5.08. The quantitative estimate of drug-likeness (QED) is 0.665. The minimum Gasteiger partial charge on any atom is -0.462 e. The summed E-state index contributed by atoms with van der Waals surface area (Å²) in [7, 11) is 0. The van der Waals surface area contributed by atoms with Gasteiger partial charge in [-0.15, -0.1) is 12.6 Å². The van der Waals surface area contributed by atoms with Crippen molar-refractivity contribution in [3.63, 3.8) is 0 Å². The summed E-state index contributed by atoms with van der Waals surface area (Å²) in [6.07, 6.45) is 4.74. The van der Waals surface area contributed by atoms with Crippen LogP contribution >= 0.6 is 12.6 Å².